The van der Waals surface area contributed by atoms with Gasteiger partial charge in [0.05, 0.1) is 17.2 Å². The quantitative estimate of drug-likeness (QED) is 0.657. The van der Waals surface area contributed by atoms with Crippen LogP contribution in [0.15, 0.2) is 40.9 Å². The molecule has 0 spiro atoms. The summed E-state index contributed by atoms with van der Waals surface area (Å²) in [7, 11) is 0. The standard InChI is InChI=1S/C17H22BrNO2.ClH/c1-13(20)12-19-10-4-5-11-21-16-9-8-14-6-2-3-7-15(14)17(16)18;/h2-3,6-9,13,19-20H,4-5,10-12H2,1H3;1H/p-1. The average Bonchev–Trinajstić information content (AvgIpc) is 2.48. The minimum Gasteiger partial charge on any atom is -1.00 e. The molecule has 0 aliphatic rings. The topological polar surface area (TPSA) is 41.5 Å². The second-order valence-corrected chi connectivity index (χ2v) is 6.00. The molecule has 0 radical (unpaired) electrons. The van der Waals surface area contributed by atoms with Gasteiger partial charge in [-0.2, -0.15) is 0 Å². The van der Waals surface area contributed by atoms with Crippen LogP contribution in [-0.2, 0) is 0 Å². The number of fused-ring (bicyclic) bond motifs is 1. The molecule has 122 valence electrons. The van der Waals surface area contributed by atoms with Crippen LogP contribution in [0.25, 0.3) is 10.8 Å². The van der Waals surface area contributed by atoms with Crippen molar-refractivity contribution in [3.63, 3.8) is 0 Å². The highest BCUT2D eigenvalue weighted by Gasteiger charge is 2.05. The summed E-state index contributed by atoms with van der Waals surface area (Å²) in [5.74, 6) is 0.894. The number of halogens is 2. The number of aliphatic hydroxyl groups excluding tert-OH is 1. The van der Waals surface area contributed by atoms with Crippen LogP contribution < -0.4 is 22.5 Å². The van der Waals surface area contributed by atoms with Gasteiger partial charge in [0.2, 0.25) is 0 Å². The van der Waals surface area contributed by atoms with E-state index in [2.05, 4.69) is 39.4 Å². The molecular weight excluding hydrogens is 366 g/mol. The van der Waals surface area contributed by atoms with Crippen molar-refractivity contribution in [3.8, 4) is 5.75 Å². The summed E-state index contributed by atoms with van der Waals surface area (Å²) < 4.78 is 6.87. The fourth-order valence-corrected chi connectivity index (χ4v) is 2.78. The van der Waals surface area contributed by atoms with Crippen LogP contribution in [0.2, 0.25) is 0 Å². The van der Waals surface area contributed by atoms with Gasteiger partial charge in [-0.1, -0.05) is 30.3 Å². The van der Waals surface area contributed by atoms with E-state index in [1.807, 2.05) is 18.2 Å². The van der Waals surface area contributed by atoms with Crippen LogP contribution in [0, 0.1) is 0 Å². The summed E-state index contributed by atoms with van der Waals surface area (Å²) in [6.07, 6.45) is 1.75. The third kappa shape index (κ3) is 5.76. The van der Waals surface area contributed by atoms with E-state index in [0.717, 1.165) is 29.6 Å². The Hall–Kier alpha value is -0.810. The molecule has 3 nitrogen and oxygen atoms in total. The maximum Gasteiger partial charge on any atom is 0.134 e. The SMILES string of the molecule is CC(O)CNCCCCOc1ccc2ccccc2c1Br.[Cl-]. The Morgan fingerprint density at radius 3 is 2.73 bits per heavy atom. The summed E-state index contributed by atoms with van der Waals surface area (Å²) in [4.78, 5) is 0. The van der Waals surface area contributed by atoms with Crippen molar-refractivity contribution in [3.05, 3.63) is 40.9 Å². The summed E-state index contributed by atoms with van der Waals surface area (Å²) in [6, 6.07) is 12.3. The molecule has 2 aromatic carbocycles. The maximum absolute atomic E-state index is 9.13. The molecule has 1 atom stereocenters. The molecule has 0 fully saturated rings. The number of rotatable bonds is 8. The van der Waals surface area contributed by atoms with E-state index >= 15 is 0 Å². The fourth-order valence-electron chi connectivity index (χ4n) is 2.17. The minimum atomic E-state index is -0.283. The van der Waals surface area contributed by atoms with Gasteiger partial charge < -0.3 is 27.6 Å². The summed E-state index contributed by atoms with van der Waals surface area (Å²) in [5.41, 5.74) is 0. The highest BCUT2D eigenvalue weighted by molar-refractivity contribution is 9.10. The normalized spacial score (nSPS) is 12.0. The lowest BCUT2D eigenvalue weighted by Crippen LogP contribution is -3.00. The van der Waals surface area contributed by atoms with Crippen molar-refractivity contribution < 1.29 is 22.3 Å². The maximum atomic E-state index is 9.13. The molecule has 0 heterocycles. The van der Waals surface area contributed by atoms with Crippen molar-refractivity contribution >= 4 is 26.7 Å². The van der Waals surface area contributed by atoms with Gasteiger partial charge in [0.15, 0.2) is 0 Å². The Kier molecular flexibility index (Phi) is 8.79. The van der Waals surface area contributed by atoms with Crippen LogP contribution in [0.1, 0.15) is 19.8 Å². The van der Waals surface area contributed by atoms with E-state index in [0.29, 0.717) is 13.2 Å². The number of nitrogens with one attached hydrogen (secondary N) is 1. The lowest BCUT2D eigenvalue weighted by Gasteiger charge is -2.11. The van der Waals surface area contributed by atoms with Crippen LogP contribution in [0.5, 0.6) is 5.75 Å². The highest BCUT2D eigenvalue weighted by atomic mass is 79.9. The zero-order valence-corrected chi connectivity index (χ0v) is 15.0. The van der Waals surface area contributed by atoms with Crippen molar-refractivity contribution in [2.75, 3.05) is 19.7 Å². The second kappa shape index (κ2) is 10.1. The zero-order chi connectivity index (χ0) is 15.1. The van der Waals surface area contributed by atoms with Gasteiger partial charge in [-0.3, -0.25) is 0 Å². The molecule has 2 aromatic rings. The highest BCUT2D eigenvalue weighted by Crippen LogP contribution is 2.33. The number of hydrogen-bond donors (Lipinski definition) is 2. The smallest absolute Gasteiger partial charge is 0.134 e. The Labute approximate surface area is 146 Å². The Morgan fingerprint density at radius 1 is 1.18 bits per heavy atom. The fraction of sp³-hybridized carbons (Fsp3) is 0.412. The first-order valence-corrected chi connectivity index (χ1v) is 8.16. The van der Waals surface area contributed by atoms with Crippen LogP contribution in [0.3, 0.4) is 0 Å². The van der Waals surface area contributed by atoms with Gasteiger partial charge >= 0.3 is 0 Å². The number of unbranched alkanes of at least 4 members (excludes halogenated alkanes) is 1. The Bertz CT molecular complexity index is 578. The van der Waals surface area contributed by atoms with Crippen LogP contribution >= 0.6 is 15.9 Å². The first-order valence-electron chi connectivity index (χ1n) is 7.37. The van der Waals surface area contributed by atoms with Crippen LogP contribution in [-0.4, -0.2) is 30.9 Å². The van der Waals surface area contributed by atoms with Gasteiger partial charge in [-0.25, -0.2) is 0 Å². The largest absolute Gasteiger partial charge is 1.00 e. The molecule has 0 amide bonds. The molecule has 2 rings (SSSR count). The molecule has 0 saturated carbocycles. The predicted molar refractivity (Wildman–Crippen MR) is 90.9 cm³/mol. The predicted octanol–water partition coefficient (Wildman–Crippen LogP) is 0.736. The van der Waals surface area contributed by atoms with Crippen molar-refractivity contribution in [1.29, 1.82) is 0 Å². The molecule has 1 unspecified atom stereocenters. The molecule has 5 heteroatoms. The van der Waals surface area contributed by atoms with Gasteiger partial charge in [0, 0.05) is 6.54 Å². The third-order valence-corrected chi connectivity index (χ3v) is 4.09. The summed E-state index contributed by atoms with van der Waals surface area (Å²) >= 11 is 3.63. The second-order valence-electron chi connectivity index (χ2n) is 5.21. The Balaban J connectivity index is 0.00000242. The monoisotopic (exact) mass is 386 g/mol. The summed E-state index contributed by atoms with van der Waals surface area (Å²) in [5, 5.41) is 14.7. The van der Waals surface area contributed by atoms with Crippen molar-refractivity contribution in [2.45, 2.75) is 25.9 Å². The zero-order valence-electron chi connectivity index (χ0n) is 12.7. The molecule has 2 N–H and O–H groups in total. The van der Waals surface area contributed by atoms with E-state index in [1.165, 1.54) is 10.8 Å². The van der Waals surface area contributed by atoms with Gasteiger partial charge in [-0.15, -0.1) is 0 Å². The van der Waals surface area contributed by atoms with E-state index in [4.69, 9.17) is 9.84 Å². The van der Waals surface area contributed by atoms with E-state index < -0.39 is 0 Å². The van der Waals surface area contributed by atoms with E-state index in [1.54, 1.807) is 6.92 Å². The minimum absolute atomic E-state index is 0. The van der Waals surface area contributed by atoms with Gasteiger partial charge in [0.25, 0.3) is 0 Å². The summed E-state index contributed by atoms with van der Waals surface area (Å²) in [6.45, 7) is 4.05. The number of hydrogen-bond acceptors (Lipinski definition) is 3. The van der Waals surface area contributed by atoms with E-state index in [9.17, 15) is 0 Å². The lowest BCUT2D eigenvalue weighted by molar-refractivity contribution is -0.00000683. The van der Waals surface area contributed by atoms with Gasteiger partial charge in [0.1, 0.15) is 5.75 Å². The first kappa shape index (κ1) is 19.2. The molecule has 22 heavy (non-hydrogen) atoms. The van der Waals surface area contributed by atoms with Gasteiger partial charge in [-0.05, 0) is 59.1 Å². The number of aliphatic hydroxyl groups is 1. The van der Waals surface area contributed by atoms with E-state index in [-0.39, 0.29) is 18.5 Å². The molecule has 0 aromatic heterocycles. The van der Waals surface area contributed by atoms with Crippen molar-refractivity contribution in [2.24, 2.45) is 0 Å². The van der Waals surface area contributed by atoms with Crippen molar-refractivity contribution in [1.82, 2.24) is 5.32 Å². The Morgan fingerprint density at radius 2 is 1.95 bits per heavy atom. The molecule has 0 aliphatic heterocycles. The number of benzene rings is 2. The average molecular weight is 388 g/mol. The molecular formula is C17H22BrClNO2-. The molecule has 0 aliphatic carbocycles. The van der Waals surface area contributed by atoms with Crippen LogP contribution in [0.4, 0.5) is 0 Å². The molecule has 0 saturated heterocycles. The first-order chi connectivity index (χ1) is 10.2. The third-order valence-electron chi connectivity index (χ3n) is 3.27. The molecule has 0 bridgehead atoms. The lowest BCUT2D eigenvalue weighted by atomic mass is 10.1. The number of ether oxygens (including phenoxy) is 1.